The van der Waals surface area contributed by atoms with Gasteiger partial charge in [0.05, 0.1) is 11.3 Å². The molecule has 1 amide bonds. The molecule has 0 saturated heterocycles. The van der Waals surface area contributed by atoms with E-state index in [2.05, 4.69) is 5.32 Å². The fraction of sp³-hybridized carbons (Fsp3) is 0.133. The Morgan fingerprint density at radius 3 is 2.29 bits per heavy atom. The molecule has 0 spiro atoms. The lowest BCUT2D eigenvalue weighted by Crippen LogP contribution is -2.14. The SMILES string of the molecule is CSc1ccc(CC(=O)Nc2ccc([N+](=O)[O-])cc2)cc1. The summed E-state index contributed by atoms with van der Waals surface area (Å²) in [7, 11) is 0. The molecule has 0 aromatic heterocycles. The third kappa shape index (κ3) is 4.32. The topological polar surface area (TPSA) is 72.2 Å². The number of carbonyl (C=O) groups excluding carboxylic acids is 1. The number of carbonyl (C=O) groups is 1. The van der Waals surface area contributed by atoms with Crippen LogP contribution in [0.1, 0.15) is 5.56 Å². The molecule has 0 heterocycles. The van der Waals surface area contributed by atoms with Crippen LogP contribution in [0, 0.1) is 10.1 Å². The molecule has 6 heteroatoms. The van der Waals surface area contributed by atoms with Gasteiger partial charge in [-0.1, -0.05) is 12.1 Å². The average molecular weight is 302 g/mol. The van der Waals surface area contributed by atoms with Gasteiger partial charge in [-0.15, -0.1) is 11.8 Å². The molecule has 2 aromatic rings. The van der Waals surface area contributed by atoms with Crippen LogP contribution in [0.15, 0.2) is 53.4 Å². The number of rotatable bonds is 5. The second kappa shape index (κ2) is 6.90. The molecule has 5 nitrogen and oxygen atoms in total. The van der Waals surface area contributed by atoms with Gasteiger partial charge in [-0.2, -0.15) is 0 Å². The molecule has 0 aliphatic heterocycles. The number of nitrogens with one attached hydrogen (secondary N) is 1. The normalized spacial score (nSPS) is 10.1. The quantitative estimate of drug-likeness (QED) is 0.521. The molecule has 0 atom stereocenters. The summed E-state index contributed by atoms with van der Waals surface area (Å²) in [6.07, 6.45) is 2.27. The molecule has 0 aliphatic rings. The summed E-state index contributed by atoms with van der Waals surface area (Å²) in [4.78, 5) is 23.1. The van der Waals surface area contributed by atoms with Gasteiger partial charge in [0.25, 0.3) is 5.69 Å². The summed E-state index contributed by atoms with van der Waals surface area (Å²) in [5, 5.41) is 13.3. The Hall–Kier alpha value is -2.34. The zero-order chi connectivity index (χ0) is 15.2. The van der Waals surface area contributed by atoms with Crippen molar-refractivity contribution in [1.82, 2.24) is 0 Å². The van der Waals surface area contributed by atoms with Crippen molar-refractivity contribution >= 4 is 29.0 Å². The fourth-order valence-electron chi connectivity index (χ4n) is 1.80. The van der Waals surface area contributed by atoms with Crippen LogP contribution in [0.25, 0.3) is 0 Å². The third-order valence-electron chi connectivity index (χ3n) is 2.89. The van der Waals surface area contributed by atoms with E-state index >= 15 is 0 Å². The van der Waals surface area contributed by atoms with E-state index in [4.69, 9.17) is 0 Å². The minimum absolute atomic E-state index is 0.000605. The highest BCUT2D eigenvalue weighted by Crippen LogP contribution is 2.17. The molecule has 0 fully saturated rings. The zero-order valence-electron chi connectivity index (χ0n) is 11.4. The third-order valence-corrected chi connectivity index (χ3v) is 3.63. The summed E-state index contributed by atoms with van der Waals surface area (Å²) in [5.41, 5.74) is 1.47. The van der Waals surface area contributed by atoms with E-state index in [1.165, 1.54) is 24.3 Å². The van der Waals surface area contributed by atoms with E-state index in [9.17, 15) is 14.9 Å². The number of nitro groups is 1. The Kier molecular flexibility index (Phi) is 4.94. The summed E-state index contributed by atoms with van der Waals surface area (Å²) < 4.78 is 0. The molecular formula is C15H14N2O3S. The van der Waals surface area contributed by atoms with Crippen molar-refractivity contribution in [3.8, 4) is 0 Å². The number of anilines is 1. The lowest BCUT2D eigenvalue weighted by molar-refractivity contribution is -0.384. The second-order valence-corrected chi connectivity index (χ2v) is 5.26. The molecule has 0 saturated carbocycles. The van der Waals surface area contributed by atoms with Crippen molar-refractivity contribution in [1.29, 1.82) is 0 Å². The first-order chi connectivity index (χ1) is 10.1. The molecular weight excluding hydrogens is 288 g/mol. The van der Waals surface area contributed by atoms with E-state index in [1.54, 1.807) is 11.8 Å². The summed E-state index contributed by atoms with van der Waals surface area (Å²) in [6, 6.07) is 13.5. The summed E-state index contributed by atoms with van der Waals surface area (Å²) >= 11 is 1.65. The Bertz CT molecular complexity index is 639. The van der Waals surface area contributed by atoms with Crippen LogP contribution in [-0.4, -0.2) is 17.1 Å². The molecule has 2 rings (SSSR count). The lowest BCUT2D eigenvalue weighted by Gasteiger charge is -2.05. The maximum atomic E-state index is 11.9. The average Bonchev–Trinajstić information content (AvgIpc) is 2.48. The van der Waals surface area contributed by atoms with Crippen molar-refractivity contribution in [2.24, 2.45) is 0 Å². The zero-order valence-corrected chi connectivity index (χ0v) is 12.2. The molecule has 0 aliphatic carbocycles. The predicted molar refractivity (Wildman–Crippen MR) is 83.7 cm³/mol. The molecule has 108 valence electrons. The van der Waals surface area contributed by atoms with Crippen molar-refractivity contribution in [3.63, 3.8) is 0 Å². The van der Waals surface area contributed by atoms with Gasteiger partial charge in [0.15, 0.2) is 0 Å². The van der Waals surface area contributed by atoms with Gasteiger partial charge >= 0.3 is 0 Å². The predicted octanol–water partition coefficient (Wildman–Crippen LogP) is 3.50. The van der Waals surface area contributed by atoms with Crippen LogP contribution in [0.3, 0.4) is 0 Å². The highest BCUT2D eigenvalue weighted by atomic mass is 32.2. The van der Waals surface area contributed by atoms with Gasteiger partial charge in [-0.3, -0.25) is 14.9 Å². The Morgan fingerprint density at radius 1 is 1.14 bits per heavy atom. The number of hydrogen-bond donors (Lipinski definition) is 1. The first-order valence-electron chi connectivity index (χ1n) is 6.26. The number of nitro benzene ring substituents is 1. The van der Waals surface area contributed by atoms with Crippen molar-refractivity contribution < 1.29 is 9.72 Å². The molecule has 0 radical (unpaired) electrons. The number of nitrogens with zero attached hydrogens (tertiary/aromatic N) is 1. The van der Waals surface area contributed by atoms with Crippen LogP contribution in [-0.2, 0) is 11.2 Å². The molecule has 21 heavy (non-hydrogen) atoms. The van der Waals surface area contributed by atoms with Gasteiger partial charge in [0.2, 0.25) is 5.91 Å². The van der Waals surface area contributed by atoms with Crippen LogP contribution >= 0.6 is 11.8 Å². The first kappa shape index (κ1) is 15.1. The van der Waals surface area contributed by atoms with E-state index in [-0.39, 0.29) is 18.0 Å². The van der Waals surface area contributed by atoms with Gasteiger partial charge in [0, 0.05) is 22.7 Å². The number of non-ortho nitro benzene ring substituents is 1. The molecule has 0 bridgehead atoms. The number of benzene rings is 2. The number of thioether (sulfide) groups is 1. The Morgan fingerprint density at radius 2 is 1.76 bits per heavy atom. The number of hydrogen-bond acceptors (Lipinski definition) is 4. The van der Waals surface area contributed by atoms with Gasteiger partial charge in [0.1, 0.15) is 0 Å². The van der Waals surface area contributed by atoms with Crippen LogP contribution in [0.2, 0.25) is 0 Å². The maximum Gasteiger partial charge on any atom is 0.269 e. The van der Waals surface area contributed by atoms with Gasteiger partial charge in [-0.05, 0) is 36.1 Å². The van der Waals surface area contributed by atoms with Crippen LogP contribution < -0.4 is 5.32 Å². The summed E-state index contributed by atoms with van der Waals surface area (Å²) in [5.74, 6) is -0.152. The van der Waals surface area contributed by atoms with Crippen LogP contribution in [0.4, 0.5) is 11.4 Å². The highest BCUT2D eigenvalue weighted by Gasteiger charge is 2.07. The van der Waals surface area contributed by atoms with Crippen molar-refractivity contribution in [2.75, 3.05) is 11.6 Å². The monoisotopic (exact) mass is 302 g/mol. The number of amides is 1. The minimum atomic E-state index is -0.473. The Labute approximate surface area is 126 Å². The van der Waals surface area contributed by atoms with Crippen LogP contribution in [0.5, 0.6) is 0 Å². The minimum Gasteiger partial charge on any atom is -0.326 e. The van der Waals surface area contributed by atoms with Crippen molar-refractivity contribution in [3.05, 3.63) is 64.2 Å². The van der Waals surface area contributed by atoms with E-state index in [1.807, 2.05) is 30.5 Å². The smallest absolute Gasteiger partial charge is 0.269 e. The van der Waals surface area contributed by atoms with E-state index < -0.39 is 4.92 Å². The van der Waals surface area contributed by atoms with E-state index in [0.29, 0.717) is 5.69 Å². The molecule has 0 unspecified atom stereocenters. The van der Waals surface area contributed by atoms with E-state index in [0.717, 1.165) is 10.5 Å². The largest absolute Gasteiger partial charge is 0.326 e. The Balaban J connectivity index is 1.95. The lowest BCUT2D eigenvalue weighted by atomic mass is 10.1. The van der Waals surface area contributed by atoms with Gasteiger partial charge < -0.3 is 5.32 Å². The summed E-state index contributed by atoms with van der Waals surface area (Å²) in [6.45, 7) is 0. The highest BCUT2D eigenvalue weighted by molar-refractivity contribution is 7.98. The standard InChI is InChI=1S/C15H14N2O3S/c1-21-14-8-2-11(3-9-14)10-15(18)16-12-4-6-13(7-5-12)17(19)20/h2-9H,10H2,1H3,(H,16,18). The maximum absolute atomic E-state index is 11.9. The molecule has 1 N–H and O–H groups in total. The first-order valence-corrected chi connectivity index (χ1v) is 7.48. The second-order valence-electron chi connectivity index (χ2n) is 4.38. The fourth-order valence-corrected chi connectivity index (χ4v) is 2.21. The van der Waals surface area contributed by atoms with Crippen molar-refractivity contribution in [2.45, 2.75) is 11.3 Å². The molecule has 2 aromatic carbocycles. The van der Waals surface area contributed by atoms with Gasteiger partial charge in [-0.25, -0.2) is 0 Å².